The Morgan fingerprint density at radius 3 is 2.54 bits per heavy atom. The molecule has 0 saturated heterocycles. The number of sulfonamides is 1. The quantitative estimate of drug-likeness (QED) is 0.608. The fourth-order valence-corrected chi connectivity index (χ4v) is 5.69. The van der Waals surface area contributed by atoms with Crippen molar-refractivity contribution >= 4 is 15.9 Å². The second kappa shape index (κ2) is 11.2. The van der Waals surface area contributed by atoms with Crippen LogP contribution in [-0.4, -0.2) is 78.7 Å². The molecule has 9 heteroatoms. The van der Waals surface area contributed by atoms with Gasteiger partial charge in [-0.15, -0.1) is 0 Å². The van der Waals surface area contributed by atoms with E-state index >= 15 is 0 Å². The zero-order chi connectivity index (χ0) is 25.8. The first-order valence-electron chi connectivity index (χ1n) is 11.5. The predicted molar refractivity (Wildman–Crippen MR) is 132 cm³/mol. The van der Waals surface area contributed by atoms with Gasteiger partial charge in [-0.05, 0) is 44.2 Å². The summed E-state index contributed by atoms with van der Waals surface area (Å²) in [6.07, 6.45) is -1.37. The van der Waals surface area contributed by atoms with E-state index in [1.165, 1.54) is 23.4 Å². The molecule has 1 amide bonds. The number of hydrogen-bond acceptors (Lipinski definition) is 6. The molecule has 2 aromatic carbocycles. The summed E-state index contributed by atoms with van der Waals surface area (Å²) in [5.41, 5.74) is 1.03. The standard InChI is InChI=1S/C26H32N2O6S/c1-18-15-28(19(2)17-29)35(32,33)25-13-12-21(11-10-20(3)30)14-23(25)34-24(18)16-27(4)26(31)22-8-6-5-7-9-22/h5-9,12-14,18-20,24,29-30H,15-17H2,1-4H3/t18-,19+,20-,24-/m0/s1. The number of carbonyl (C=O) groups excluding carboxylic acids is 1. The minimum Gasteiger partial charge on any atom is -0.487 e. The van der Waals surface area contributed by atoms with Crippen molar-refractivity contribution in [3.63, 3.8) is 0 Å². The molecule has 0 spiro atoms. The van der Waals surface area contributed by atoms with Gasteiger partial charge in [-0.3, -0.25) is 4.79 Å². The molecular formula is C26H32N2O6S. The van der Waals surface area contributed by atoms with Crippen LogP contribution in [0.5, 0.6) is 5.75 Å². The number of benzene rings is 2. The average Bonchev–Trinajstić information content (AvgIpc) is 2.84. The van der Waals surface area contributed by atoms with Crippen LogP contribution in [0.25, 0.3) is 0 Å². The zero-order valence-corrected chi connectivity index (χ0v) is 21.2. The highest BCUT2D eigenvalue weighted by Crippen LogP contribution is 2.34. The fraction of sp³-hybridized carbons (Fsp3) is 0.423. The topological polar surface area (TPSA) is 107 Å². The highest BCUT2D eigenvalue weighted by molar-refractivity contribution is 7.89. The summed E-state index contributed by atoms with van der Waals surface area (Å²) in [6.45, 7) is 5.05. The number of hydrogen-bond donors (Lipinski definition) is 2. The van der Waals surface area contributed by atoms with Crippen molar-refractivity contribution in [3.8, 4) is 17.6 Å². The van der Waals surface area contributed by atoms with Gasteiger partial charge in [0.05, 0.1) is 13.2 Å². The molecule has 35 heavy (non-hydrogen) atoms. The van der Waals surface area contributed by atoms with Crippen LogP contribution in [0.1, 0.15) is 36.7 Å². The number of carbonyl (C=O) groups is 1. The number of amides is 1. The maximum atomic E-state index is 13.5. The average molecular weight is 501 g/mol. The maximum absolute atomic E-state index is 13.5. The lowest BCUT2D eigenvalue weighted by atomic mass is 10.0. The highest BCUT2D eigenvalue weighted by Gasteiger charge is 2.38. The van der Waals surface area contributed by atoms with E-state index in [1.807, 2.05) is 13.0 Å². The van der Waals surface area contributed by atoms with Crippen LogP contribution in [0.3, 0.4) is 0 Å². The summed E-state index contributed by atoms with van der Waals surface area (Å²) >= 11 is 0. The van der Waals surface area contributed by atoms with E-state index in [0.717, 1.165) is 0 Å². The van der Waals surface area contributed by atoms with E-state index in [2.05, 4.69) is 11.8 Å². The minimum absolute atomic E-state index is 0.0330. The lowest BCUT2D eigenvalue weighted by molar-refractivity contribution is 0.0563. The van der Waals surface area contributed by atoms with Crippen LogP contribution < -0.4 is 4.74 Å². The van der Waals surface area contributed by atoms with Gasteiger partial charge in [0.2, 0.25) is 10.0 Å². The number of likely N-dealkylation sites (N-methyl/N-ethyl adjacent to an activating group) is 1. The highest BCUT2D eigenvalue weighted by atomic mass is 32.2. The Balaban J connectivity index is 2.02. The molecule has 8 nitrogen and oxygen atoms in total. The normalized spacial score (nSPS) is 21.2. The molecule has 2 N–H and O–H groups in total. The molecule has 188 valence electrons. The first kappa shape index (κ1) is 26.7. The van der Waals surface area contributed by atoms with E-state index in [4.69, 9.17) is 4.74 Å². The SMILES string of the molecule is C[C@H](O)C#Cc1ccc2c(c1)O[C@@H](CN(C)C(=O)c1ccccc1)[C@@H](C)CN([C@H](C)CO)S2(=O)=O. The number of rotatable bonds is 5. The Bertz CT molecular complexity index is 1200. The molecule has 0 aromatic heterocycles. The molecule has 0 aliphatic carbocycles. The third-order valence-electron chi connectivity index (χ3n) is 5.91. The van der Waals surface area contributed by atoms with Crippen LogP contribution >= 0.6 is 0 Å². The van der Waals surface area contributed by atoms with Gasteiger partial charge < -0.3 is 19.8 Å². The number of aliphatic hydroxyl groups excluding tert-OH is 2. The Morgan fingerprint density at radius 1 is 1.23 bits per heavy atom. The van der Waals surface area contributed by atoms with Crippen molar-refractivity contribution in [2.45, 2.75) is 43.9 Å². The van der Waals surface area contributed by atoms with Gasteiger partial charge in [0.25, 0.3) is 5.91 Å². The van der Waals surface area contributed by atoms with Gasteiger partial charge in [-0.2, -0.15) is 4.31 Å². The van der Waals surface area contributed by atoms with Crippen molar-refractivity contribution in [1.29, 1.82) is 0 Å². The van der Waals surface area contributed by atoms with Crippen LogP contribution in [-0.2, 0) is 10.0 Å². The Morgan fingerprint density at radius 2 is 1.91 bits per heavy atom. The van der Waals surface area contributed by atoms with E-state index in [0.29, 0.717) is 11.1 Å². The molecule has 1 heterocycles. The molecular weight excluding hydrogens is 468 g/mol. The van der Waals surface area contributed by atoms with Crippen molar-refractivity contribution in [2.75, 3.05) is 26.7 Å². The number of nitrogens with zero attached hydrogens (tertiary/aromatic N) is 2. The first-order chi connectivity index (χ1) is 16.5. The van der Waals surface area contributed by atoms with Crippen LogP contribution in [0, 0.1) is 17.8 Å². The van der Waals surface area contributed by atoms with E-state index < -0.39 is 28.3 Å². The molecule has 0 radical (unpaired) electrons. The fourth-order valence-electron chi connectivity index (χ4n) is 3.86. The molecule has 1 aliphatic heterocycles. The van der Waals surface area contributed by atoms with E-state index in [1.54, 1.807) is 49.2 Å². The van der Waals surface area contributed by atoms with Gasteiger partial charge in [0.15, 0.2) is 0 Å². The Labute approximate surface area is 207 Å². The van der Waals surface area contributed by atoms with Gasteiger partial charge in [-0.25, -0.2) is 8.42 Å². The summed E-state index contributed by atoms with van der Waals surface area (Å²) in [5.74, 6) is 5.11. The van der Waals surface area contributed by atoms with Gasteiger partial charge in [0.1, 0.15) is 22.9 Å². The van der Waals surface area contributed by atoms with E-state index in [9.17, 15) is 23.4 Å². The second-order valence-corrected chi connectivity index (χ2v) is 10.8. The van der Waals surface area contributed by atoms with Gasteiger partial charge >= 0.3 is 0 Å². The summed E-state index contributed by atoms with van der Waals surface area (Å²) < 4.78 is 34.6. The van der Waals surface area contributed by atoms with Crippen molar-refractivity contribution in [1.82, 2.24) is 9.21 Å². The molecule has 0 fully saturated rings. The molecule has 1 aliphatic rings. The maximum Gasteiger partial charge on any atom is 0.253 e. The molecule has 3 rings (SSSR count). The lowest BCUT2D eigenvalue weighted by Gasteiger charge is -2.37. The largest absolute Gasteiger partial charge is 0.487 e. The monoisotopic (exact) mass is 500 g/mol. The first-order valence-corrected chi connectivity index (χ1v) is 12.9. The summed E-state index contributed by atoms with van der Waals surface area (Å²) in [6, 6.07) is 12.8. The van der Waals surface area contributed by atoms with Crippen LogP contribution in [0.15, 0.2) is 53.4 Å². The number of ether oxygens (including phenoxy) is 1. The molecule has 2 aromatic rings. The summed E-state index contributed by atoms with van der Waals surface area (Å²) in [5, 5.41) is 19.3. The van der Waals surface area contributed by atoms with Gasteiger partial charge in [-0.1, -0.05) is 37.0 Å². The zero-order valence-electron chi connectivity index (χ0n) is 20.4. The van der Waals surface area contributed by atoms with Crippen LogP contribution in [0.4, 0.5) is 0 Å². The smallest absolute Gasteiger partial charge is 0.253 e. The van der Waals surface area contributed by atoms with Gasteiger partial charge in [0, 0.05) is 36.7 Å². The molecule has 4 atom stereocenters. The molecule has 0 saturated carbocycles. The van der Waals surface area contributed by atoms with Crippen LogP contribution in [0.2, 0.25) is 0 Å². The Kier molecular flexibility index (Phi) is 8.56. The summed E-state index contributed by atoms with van der Waals surface area (Å²) in [7, 11) is -2.29. The summed E-state index contributed by atoms with van der Waals surface area (Å²) in [4.78, 5) is 14.5. The lowest BCUT2D eigenvalue weighted by Crippen LogP contribution is -2.50. The third kappa shape index (κ3) is 6.21. The van der Waals surface area contributed by atoms with Crippen molar-refractivity contribution in [2.24, 2.45) is 5.92 Å². The minimum atomic E-state index is -3.98. The molecule has 0 bridgehead atoms. The number of aliphatic hydroxyl groups is 2. The third-order valence-corrected chi connectivity index (χ3v) is 7.93. The molecule has 0 unspecified atom stereocenters. The Hall–Kier alpha value is -2.90. The van der Waals surface area contributed by atoms with Crippen molar-refractivity contribution < 1.29 is 28.2 Å². The number of fused-ring (bicyclic) bond motifs is 1. The van der Waals surface area contributed by atoms with Crippen molar-refractivity contribution in [3.05, 3.63) is 59.7 Å². The van der Waals surface area contributed by atoms with E-state index in [-0.39, 0.29) is 42.2 Å². The second-order valence-electron chi connectivity index (χ2n) is 8.90. The predicted octanol–water partition coefficient (Wildman–Crippen LogP) is 1.96.